The zero-order chi connectivity index (χ0) is 11.0. The highest BCUT2D eigenvalue weighted by Crippen LogP contribution is 2.11. The number of carbonyl (C=O) groups excluding carboxylic acids is 1. The number of hydrogen-bond acceptors (Lipinski definition) is 5. The second-order valence-electron chi connectivity index (χ2n) is 2.40. The third-order valence-electron chi connectivity index (χ3n) is 1.30. The molecule has 0 rings (SSSR count). The Bertz CT molecular complexity index is 194. The van der Waals surface area contributed by atoms with Gasteiger partial charge in [-0.15, -0.1) is 11.8 Å². The summed E-state index contributed by atoms with van der Waals surface area (Å²) in [5.74, 6) is -1.35. The van der Waals surface area contributed by atoms with Gasteiger partial charge in [0.15, 0.2) is 0 Å². The standard InChI is InChI=1S/C8H14O5S/c1-3-13-7(9)5-14-6(4-12-2)8(10)11/h6H,3-5H2,1-2H3,(H,10,11). The molecule has 0 aromatic heterocycles. The van der Waals surface area contributed by atoms with Crippen molar-refractivity contribution in [3.63, 3.8) is 0 Å². The number of hydrogen-bond donors (Lipinski definition) is 1. The first-order chi connectivity index (χ1) is 6.61. The van der Waals surface area contributed by atoms with E-state index in [0.29, 0.717) is 6.61 Å². The van der Waals surface area contributed by atoms with E-state index in [4.69, 9.17) is 9.84 Å². The molecule has 5 nitrogen and oxygen atoms in total. The van der Waals surface area contributed by atoms with Gasteiger partial charge in [0.05, 0.1) is 19.0 Å². The van der Waals surface area contributed by atoms with Crippen molar-refractivity contribution in [2.45, 2.75) is 12.2 Å². The van der Waals surface area contributed by atoms with E-state index >= 15 is 0 Å². The van der Waals surface area contributed by atoms with E-state index < -0.39 is 17.2 Å². The SMILES string of the molecule is CCOC(=O)CSC(COC)C(=O)O. The average Bonchev–Trinajstić information content (AvgIpc) is 2.12. The van der Waals surface area contributed by atoms with Crippen molar-refractivity contribution in [1.82, 2.24) is 0 Å². The van der Waals surface area contributed by atoms with Crippen LogP contribution in [0.5, 0.6) is 0 Å². The fourth-order valence-corrected chi connectivity index (χ4v) is 1.51. The molecule has 0 aliphatic carbocycles. The van der Waals surface area contributed by atoms with Crippen molar-refractivity contribution < 1.29 is 24.2 Å². The first-order valence-electron chi connectivity index (χ1n) is 4.10. The first-order valence-corrected chi connectivity index (χ1v) is 5.15. The Morgan fingerprint density at radius 2 is 2.14 bits per heavy atom. The number of carboxylic acid groups (broad SMARTS) is 1. The molecule has 6 heteroatoms. The van der Waals surface area contributed by atoms with Crippen LogP contribution in [0.1, 0.15) is 6.92 Å². The van der Waals surface area contributed by atoms with Gasteiger partial charge in [-0.1, -0.05) is 0 Å². The molecular weight excluding hydrogens is 208 g/mol. The Labute approximate surface area is 86.8 Å². The third kappa shape index (κ3) is 5.82. The van der Waals surface area contributed by atoms with Crippen LogP contribution in [0.3, 0.4) is 0 Å². The topological polar surface area (TPSA) is 72.8 Å². The van der Waals surface area contributed by atoms with Crippen LogP contribution in [0.2, 0.25) is 0 Å². The van der Waals surface area contributed by atoms with Crippen LogP contribution in [-0.2, 0) is 19.1 Å². The van der Waals surface area contributed by atoms with Crippen LogP contribution in [-0.4, -0.2) is 48.4 Å². The number of esters is 1. The molecule has 0 amide bonds. The Morgan fingerprint density at radius 1 is 1.50 bits per heavy atom. The van der Waals surface area contributed by atoms with Crippen LogP contribution in [0.15, 0.2) is 0 Å². The fourth-order valence-electron chi connectivity index (χ4n) is 0.713. The van der Waals surface area contributed by atoms with Crippen LogP contribution in [0.25, 0.3) is 0 Å². The summed E-state index contributed by atoms with van der Waals surface area (Å²) in [6.07, 6.45) is 0. The molecule has 0 fully saturated rings. The molecule has 0 bridgehead atoms. The maximum absolute atomic E-state index is 10.9. The quantitative estimate of drug-likeness (QED) is 0.628. The number of carboxylic acids is 1. The van der Waals surface area contributed by atoms with Crippen LogP contribution in [0.4, 0.5) is 0 Å². The maximum atomic E-state index is 10.9. The van der Waals surface area contributed by atoms with Gasteiger partial charge in [-0.3, -0.25) is 9.59 Å². The summed E-state index contributed by atoms with van der Waals surface area (Å²) in [5, 5.41) is 7.98. The minimum atomic E-state index is -0.985. The lowest BCUT2D eigenvalue weighted by molar-refractivity contribution is -0.139. The van der Waals surface area contributed by atoms with E-state index in [1.165, 1.54) is 7.11 Å². The summed E-state index contributed by atoms with van der Waals surface area (Å²) < 4.78 is 9.36. The smallest absolute Gasteiger partial charge is 0.319 e. The molecule has 0 aliphatic rings. The molecular formula is C8H14O5S. The van der Waals surface area contributed by atoms with Crippen molar-refractivity contribution >= 4 is 23.7 Å². The van der Waals surface area contributed by atoms with Crippen LogP contribution < -0.4 is 0 Å². The maximum Gasteiger partial charge on any atom is 0.319 e. The van der Waals surface area contributed by atoms with Gasteiger partial charge in [0, 0.05) is 7.11 Å². The molecule has 1 N–H and O–H groups in total. The normalized spacial score (nSPS) is 12.1. The summed E-state index contributed by atoms with van der Waals surface area (Å²) in [4.78, 5) is 21.5. The lowest BCUT2D eigenvalue weighted by Gasteiger charge is -2.09. The monoisotopic (exact) mass is 222 g/mol. The molecule has 0 spiro atoms. The molecule has 0 aromatic rings. The predicted octanol–water partition coefficient (Wildman–Crippen LogP) is 0.382. The number of aliphatic carboxylic acids is 1. The summed E-state index contributed by atoms with van der Waals surface area (Å²) in [5.41, 5.74) is 0. The van der Waals surface area contributed by atoms with Gasteiger partial charge in [0.25, 0.3) is 0 Å². The number of carbonyl (C=O) groups is 2. The van der Waals surface area contributed by atoms with Gasteiger partial charge < -0.3 is 14.6 Å². The third-order valence-corrected chi connectivity index (χ3v) is 2.44. The van der Waals surface area contributed by atoms with Gasteiger partial charge in [-0.25, -0.2) is 0 Å². The number of thioether (sulfide) groups is 1. The number of methoxy groups -OCH3 is 1. The molecule has 0 saturated heterocycles. The highest BCUT2D eigenvalue weighted by molar-refractivity contribution is 8.01. The first kappa shape index (κ1) is 13.2. The number of rotatable bonds is 7. The van der Waals surface area contributed by atoms with E-state index in [1.54, 1.807) is 6.92 Å². The van der Waals surface area contributed by atoms with Crippen molar-refractivity contribution in [2.24, 2.45) is 0 Å². The van der Waals surface area contributed by atoms with Crippen LogP contribution >= 0.6 is 11.8 Å². The van der Waals surface area contributed by atoms with Gasteiger partial charge in [-0.05, 0) is 6.92 Å². The highest BCUT2D eigenvalue weighted by Gasteiger charge is 2.19. The van der Waals surface area contributed by atoms with Gasteiger partial charge >= 0.3 is 11.9 Å². The Morgan fingerprint density at radius 3 is 2.57 bits per heavy atom. The highest BCUT2D eigenvalue weighted by atomic mass is 32.2. The molecule has 0 saturated carbocycles. The van der Waals surface area contributed by atoms with Crippen molar-refractivity contribution in [3.05, 3.63) is 0 Å². The van der Waals surface area contributed by atoms with Gasteiger partial charge in [-0.2, -0.15) is 0 Å². The summed E-state index contributed by atoms with van der Waals surface area (Å²) in [6, 6.07) is 0. The lowest BCUT2D eigenvalue weighted by Crippen LogP contribution is -2.24. The average molecular weight is 222 g/mol. The fraction of sp³-hybridized carbons (Fsp3) is 0.750. The molecule has 1 atom stereocenters. The molecule has 0 aromatic carbocycles. The van der Waals surface area contributed by atoms with Crippen molar-refractivity contribution in [3.8, 4) is 0 Å². The molecule has 0 aliphatic heterocycles. The molecule has 0 heterocycles. The van der Waals surface area contributed by atoms with E-state index in [2.05, 4.69) is 4.74 Å². The zero-order valence-corrected chi connectivity index (χ0v) is 9.00. The van der Waals surface area contributed by atoms with E-state index in [-0.39, 0.29) is 12.4 Å². The Hall–Kier alpha value is -0.750. The predicted molar refractivity (Wildman–Crippen MR) is 52.4 cm³/mol. The molecule has 14 heavy (non-hydrogen) atoms. The summed E-state index contributed by atoms with van der Waals surface area (Å²) in [6.45, 7) is 2.09. The second kappa shape index (κ2) is 7.64. The Balaban J connectivity index is 3.81. The van der Waals surface area contributed by atoms with E-state index in [0.717, 1.165) is 11.8 Å². The molecule has 82 valence electrons. The van der Waals surface area contributed by atoms with Gasteiger partial charge in [0.1, 0.15) is 5.25 Å². The second-order valence-corrected chi connectivity index (χ2v) is 3.59. The van der Waals surface area contributed by atoms with E-state index in [9.17, 15) is 9.59 Å². The van der Waals surface area contributed by atoms with E-state index in [1.807, 2.05) is 0 Å². The van der Waals surface area contributed by atoms with Crippen LogP contribution in [0, 0.1) is 0 Å². The lowest BCUT2D eigenvalue weighted by atomic mass is 10.5. The molecule has 1 unspecified atom stereocenters. The van der Waals surface area contributed by atoms with Gasteiger partial charge in [0.2, 0.25) is 0 Å². The zero-order valence-electron chi connectivity index (χ0n) is 8.19. The summed E-state index contributed by atoms with van der Waals surface area (Å²) >= 11 is 1.00. The number of ether oxygens (including phenoxy) is 2. The van der Waals surface area contributed by atoms with Crippen molar-refractivity contribution in [2.75, 3.05) is 26.1 Å². The van der Waals surface area contributed by atoms with Crippen molar-refractivity contribution in [1.29, 1.82) is 0 Å². The Kier molecular flexibility index (Phi) is 7.23. The molecule has 0 radical (unpaired) electrons. The largest absolute Gasteiger partial charge is 0.480 e. The summed E-state index contributed by atoms with van der Waals surface area (Å²) in [7, 11) is 1.42. The minimum Gasteiger partial charge on any atom is -0.480 e. The minimum absolute atomic E-state index is 0.0359.